The van der Waals surface area contributed by atoms with Crippen LogP contribution in [0.1, 0.15) is 44.9 Å². The molecule has 0 saturated carbocycles. The molecule has 100 valence electrons. The maximum atomic E-state index is 11.7. The van der Waals surface area contributed by atoms with Crippen molar-refractivity contribution in [2.24, 2.45) is 5.73 Å². The Bertz CT molecular complexity index is 431. The van der Waals surface area contributed by atoms with Crippen molar-refractivity contribution in [3.8, 4) is 0 Å². The molecule has 1 unspecified atom stereocenters. The van der Waals surface area contributed by atoms with Crippen molar-refractivity contribution >= 4 is 5.91 Å². The number of piperidine rings is 1. The van der Waals surface area contributed by atoms with E-state index in [2.05, 4.69) is 10.2 Å². The first kappa shape index (κ1) is 13.0. The van der Waals surface area contributed by atoms with Crippen molar-refractivity contribution in [2.45, 2.75) is 51.6 Å². The summed E-state index contributed by atoms with van der Waals surface area (Å²) in [5, 5.41) is 7.93. The molecule has 1 aromatic rings. The third kappa shape index (κ3) is 2.38. The molecule has 1 fully saturated rings. The molecule has 0 radical (unpaired) electrons. The number of aryl methyl sites for hydroxylation is 1. The molecule has 1 atom stereocenters. The van der Waals surface area contributed by atoms with Crippen molar-refractivity contribution < 1.29 is 9.21 Å². The minimum absolute atomic E-state index is 0.280. The molecule has 18 heavy (non-hydrogen) atoms. The first-order chi connectivity index (χ1) is 8.56. The van der Waals surface area contributed by atoms with E-state index in [1.165, 1.54) is 0 Å². The quantitative estimate of drug-likeness (QED) is 0.859. The average molecular weight is 252 g/mol. The molecule has 1 saturated heterocycles. The van der Waals surface area contributed by atoms with Crippen LogP contribution in [0, 0.1) is 0 Å². The van der Waals surface area contributed by atoms with Gasteiger partial charge in [-0.05, 0) is 32.7 Å². The van der Waals surface area contributed by atoms with Gasteiger partial charge in [0.2, 0.25) is 17.7 Å². The van der Waals surface area contributed by atoms with E-state index in [-0.39, 0.29) is 5.91 Å². The Kier molecular flexibility index (Phi) is 3.65. The number of nitrogens with two attached hydrogens (primary N) is 1. The largest absolute Gasteiger partial charge is 0.424 e. The van der Waals surface area contributed by atoms with Crippen molar-refractivity contribution in [1.29, 1.82) is 0 Å². The van der Waals surface area contributed by atoms with E-state index >= 15 is 0 Å². The summed E-state index contributed by atoms with van der Waals surface area (Å²) in [5.41, 5.74) is 4.93. The first-order valence-corrected chi connectivity index (χ1v) is 6.42. The third-order valence-corrected chi connectivity index (χ3v) is 3.71. The molecular formula is C12H20N4O2. The van der Waals surface area contributed by atoms with Crippen LogP contribution in [0.25, 0.3) is 0 Å². The number of hydrogen-bond donors (Lipinski definition) is 1. The second-order valence-corrected chi connectivity index (χ2v) is 4.96. The van der Waals surface area contributed by atoms with Crippen LogP contribution in [-0.4, -0.2) is 33.1 Å². The Hall–Kier alpha value is -1.43. The van der Waals surface area contributed by atoms with Gasteiger partial charge >= 0.3 is 0 Å². The monoisotopic (exact) mass is 252 g/mol. The SMILES string of the molecule is CCc1nnc(CN2CCCCC2(C)C(N)=O)o1. The first-order valence-electron chi connectivity index (χ1n) is 6.42. The highest BCUT2D eigenvalue weighted by atomic mass is 16.4. The maximum absolute atomic E-state index is 11.7. The van der Waals surface area contributed by atoms with Gasteiger partial charge in [-0.25, -0.2) is 0 Å². The molecule has 1 aliphatic rings. The van der Waals surface area contributed by atoms with Crippen LogP contribution < -0.4 is 5.73 Å². The fourth-order valence-corrected chi connectivity index (χ4v) is 2.37. The lowest BCUT2D eigenvalue weighted by atomic mass is 9.88. The van der Waals surface area contributed by atoms with Gasteiger partial charge < -0.3 is 10.2 Å². The molecule has 2 heterocycles. The van der Waals surface area contributed by atoms with Gasteiger partial charge in [0.1, 0.15) is 0 Å². The van der Waals surface area contributed by atoms with Crippen LogP contribution in [0.5, 0.6) is 0 Å². The minimum atomic E-state index is -0.598. The fraction of sp³-hybridized carbons (Fsp3) is 0.750. The molecule has 0 aromatic carbocycles. The molecule has 1 aromatic heterocycles. The number of rotatable bonds is 4. The van der Waals surface area contributed by atoms with Gasteiger partial charge in [-0.1, -0.05) is 6.92 Å². The zero-order valence-electron chi connectivity index (χ0n) is 11.0. The van der Waals surface area contributed by atoms with Gasteiger partial charge in [-0.2, -0.15) is 0 Å². The van der Waals surface area contributed by atoms with Crippen molar-refractivity contribution in [1.82, 2.24) is 15.1 Å². The van der Waals surface area contributed by atoms with Crippen LogP contribution >= 0.6 is 0 Å². The van der Waals surface area contributed by atoms with Gasteiger partial charge in [-0.3, -0.25) is 9.69 Å². The van der Waals surface area contributed by atoms with Gasteiger partial charge in [0.25, 0.3) is 0 Å². The Morgan fingerprint density at radius 3 is 2.78 bits per heavy atom. The van der Waals surface area contributed by atoms with Gasteiger partial charge in [0.15, 0.2) is 0 Å². The Labute approximate surface area is 107 Å². The van der Waals surface area contributed by atoms with Crippen LogP contribution in [0.15, 0.2) is 4.42 Å². The van der Waals surface area contributed by atoms with Gasteiger partial charge in [0.05, 0.1) is 12.1 Å². The van der Waals surface area contributed by atoms with E-state index in [0.29, 0.717) is 18.3 Å². The summed E-state index contributed by atoms with van der Waals surface area (Å²) in [5.74, 6) is 0.904. The number of amides is 1. The standard InChI is InChI=1S/C12H20N4O2/c1-3-9-14-15-10(18-9)8-16-7-5-4-6-12(16,2)11(13)17/h3-8H2,1-2H3,(H2,13,17). The topological polar surface area (TPSA) is 85.3 Å². The number of nitrogens with zero attached hydrogens (tertiary/aromatic N) is 3. The zero-order chi connectivity index (χ0) is 13.2. The smallest absolute Gasteiger partial charge is 0.237 e. The molecule has 0 aliphatic carbocycles. The van der Waals surface area contributed by atoms with Crippen LogP contribution in [0.3, 0.4) is 0 Å². The summed E-state index contributed by atoms with van der Waals surface area (Å²) in [4.78, 5) is 13.7. The van der Waals surface area contributed by atoms with Gasteiger partial charge in [0, 0.05) is 6.42 Å². The number of likely N-dealkylation sites (tertiary alicyclic amines) is 1. The summed E-state index contributed by atoms with van der Waals surface area (Å²) < 4.78 is 5.49. The number of carbonyl (C=O) groups excluding carboxylic acids is 1. The fourth-order valence-electron chi connectivity index (χ4n) is 2.37. The molecule has 6 nitrogen and oxygen atoms in total. The highest BCUT2D eigenvalue weighted by Crippen LogP contribution is 2.28. The molecule has 2 rings (SSSR count). The predicted molar refractivity (Wildman–Crippen MR) is 65.5 cm³/mol. The van der Waals surface area contributed by atoms with E-state index < -0.39 is 5.54 Å². The van der Waals surface area contributed by atoms with Crippen LogP contribution in [0.4, 0.5) is 0 Å². The lowest BCUT2D eigenvalue weighted by molar-refractivity contribution is -0.132. The Morgan fingerprint density at radius 2 is 2.17 bits per heavy atom. The third-order valence-electron chi connectivity index (χ3n) is 3.71. The summed E-state index contributed by atoms with van der Waals surface area (Å²) in [7, 11) is 0. The molecule has 6 heteroatoms. The molecular weight excluding hydrogens is 232 g/mol. The Morgan fingerprint density at radius 1 is 1.44 bits per heavy atom. The molecule has 0 bridgehead atoms. The molecule has 0 spiro atoms. The van der Waals surface area contributed by atoms with E-state index in [1.54, 1.807) is 0 Å². The van der Waals surface area contributed by atoms with Crippen LogP contribution in [0.2, 0.25) is 0 Å². The van der Waals surface area contributed by atoms with E-state index in [1.807, 2.05) is 18.7 Å². The molecule has 2 N–H and O–H groups in total. The molecule has 1 aliphatic heterocycles. The molecule has 1 amide bonds. The van der Waals surface area contributed by atoms with Crippen molar-refractivity contribution in [3.05, 3.63) is 11.8 Å². The average Bonchev–Trinajstić information content (AvgIpc) is 2.80. The minimum Gasteiger partial charge on any atom is -0.424 e. The summed E-state index contributed by atoms with van der Waals surface area (Å²) in [6.07, 6.45) is 3.61. The van der Waals surface area contributed by atoms with Crippen molar-refractivity contribution in [3.63, 3.8) is 0 Å². The van der Waals surface area contributed by atoms with E-state index in [0.717, 1.165) is 32.2 Å². The lowest BCUT2D eigenvalue weighted by Gasteiger charge is -2.41. The second kappa shape index (κ2) is 5.06. The van der Waals surface area contributed by atoms with Gasteiger partial charge in [-0.15, -0.1) is 10.2 Å². The highest BCUT2D eigenvalue weighted by Gasteiger charge is 2.40. The maximum Gasteiger partial charge on any atom is 0.237 e. The number of carbonyl (C=O) groups is 1. The van der Waals surface area contributed by atoms with E-state index in [4.69, 9.17) is 10.2 Å². The highest BCUT2D eigenvalue weighted by molar-refractivity contribution is 5.84. The van der Waals surface area contributed by atoms with Crippen molar-refractivity contribution in [2.75, 3.05) is 6.54 Å². The summed E-state index contributed by atoms with van der Waals surface area (Å²) in [6, 6.07) is 0. The number of primary amides is 1. The second-order valence-electron chi connectivity index (χ2n) is 4.96. The number of aromatic nitrogens is 2. The van der Waals surface area contributed by atoms with Crippen LogP contribution in [-0.2, 0) is 17.8 Å². The zero-order valence-corrected chi connectivity index (χ0v) is 11.0. The summed E-state index contributed by atoms with van der Waals surface area (Å²) >= 11 is 0. The lowest BCUT2D eigenvalue weighted by Crippen LogP contribution is -2.57. The Balaban J connectivity index is 2.12. The number of hydrogen-bond acceptors (Lipinski definition) is 5. The summed E-state index contributed by atoms with van der Waals surface area (Å²) in [6.45, 7) is 5.19. The normalized spacial score (nSPS) is 25.2. The predicted octanol–water partition coefficient (Wildman–Crippen LogP) is 0.862. The van der Waals surface area contributed by atoms with E-state index in [9.17, 15) is 4.79 Å².